The minimum absolute atomic E-state index is 0.313. The van der Waals surface area contributed by atoms with Crippen molar-refractivity contribution in [3.05, 3.63) is 0 Å². The molecular weight excluding hydrogens is 276 g/mol. The van der Waals surface area contributed by atoms with Gasteiger partial charge in [-0.15, -0.1) is 0 Å². The van der Waals surface area contributed by atoms with Gasteiger partial charge in [-0.2, -0.15) is 0 Å². The van der Waals surface area contributed by atoms with Gasteiger partial charge in [-0.25, -0.2) is 9.59 Å². The van der Waals surface area contributed by atoms with E-state index in [0.717, 1.165) is 25.7 Å². The zero-order valence-electron chi connectivity index (χ0n) is 13.3. The zero-order chi connectivity index (χ0) is 15.9. The van der Waals surface area contributed by atoms with E-state index in [-0.39, 0.29) is 0 Å². The highest BCUT2D eigenvalue weighted by molar-refractivity contribution is 5.86. The van der Waals surface area contributed by atoms with E-state index in [0.29, 0.717) is 13.2 Å². The van der Waals surface area contributed by atoms with Gasteiger partial charge in [-0.3, -0.25) is 0 Å². The van der Waals surface area contributed by atoms with Gasteiger partial charge >= 0.3 is 11.9 Å². The molecule has 0 N–H and O–H groups in total. The van der Waals surface area contributed by atoms with Crippen molar-refractivity contribution < 1.29 is 28.5 Å². The van der Waals surface area contributed by atoms with E-state index < -0.39 is 29.9 Å². The average Bonchev–Trinajstić information content (AvgIpc) is 2.75. The Labute approximate surface area is 126 Å². The molecule has 1 heterocycles. The number of hydrogen-bond acceptors (Lipinski definition) is 6. The standard InChI is InChI=1S/C15H26O6/c1-5-7-9-18-13(16)11-12(21-15(3,4)20-11)14(17)19-10-8-6-2/h11-12H,5-10H2,1-4H3/t11-,12-/m1/s1. The number of ether oxygens (including phenoxy) is 4. The normalized spacial score (nSPS) is 23.8. The Morgan fingerprint density at radius 2 is 1.29 bits per heavy atom. The molecule has 0 aromatic heterocycles. The van der Waals surface area contributed by atoms with Crippen LogP contribution in [0, 0.1) is 0 Å². The number of hydrogen-bond donors (Lipinski definition) is 0. The fourth-order valence-corrected chi connectivity index (χ4v) is 1.90. The predicted octanol–water partition coefficient (Wildman–Crippen LogP) is 2.19. The maximum Gasteiger partial charge on any atom is 0.338 e. The average molecular weight is 302 g/mol. The molecule has 0 unspecified atom stereocenters. The van der Waals surface area contributed by atoms with Crippen molar-refractivity contribution in [2.45, 2.75) is 71.4 Å². The molecule has 1 fully saturated rings. The second-order valence-corrected chi connectivity index (χ2v) is 5.52. The second kappa shape index (κ2) is 8.34. The molecular formula is C15H26O6. The molecule has 0 saturated carbocycles. The van der Waals surface area contributed by atoms with Crippen molar-refractivity contribution in [3.8, 4) is 0 Å². The molecule has 1 aliphatic rings. The highest BCUT2D eigenvalue weighted by atomic mass is 16.8. The summed E-state index contributed by atoms with van der Waals surface area (Å²) in [6.07, 6.45) is 1.26. The van der Waals surface area contributed by atoms with Crippen LogP contribution in [0.2, 0.25) is 0 Å². The third kappa shape index (κ3) is 5.63. The van der Waals surface area contributed by atoms with Crippen LogP contribution in [0.25, 0.3) is 0 Å². The first-order chi connectivity index (χ1) is 9.91. The first kappa shape index (κ1) is 17.9. The summed E-state index contributed by atoms with van der Waals surface area (Å²) in [5, 5.41) is 0. The molecule has 122 valence electrons. The second-order valence-electron chi connectivity index (χ2n) is 5.52. The molecule has 1 aliphatic heterocycles. The Balaban J connectivity index is 2.61. The fraction of sp³-hybridized carbons (Fsp3) is 0.867. The van der Waals surface area contributed by atoms with E-state index in [1.807, 2.05) is 13.8 Å². The van der Waals surface area contributed by atoms with Crippen molar-refractivity contribution in [2.24, 2.45) is 0 Å². The van der Waals surface area contributed by atoms with Gasteiger partial charge in [0, 0.05) is 0 Å². The Kier molecular flexibility index (Phi) is 7.11. The van der Waals surface area contributed by atoms with Gasteiger partial charge in [0.25, 0.3) is 0 Å². The smallest absolute Gasteiger partial charge is 0.338 e. The van der Waals surface area contributed by atoms with Gasteiger partial charge in [0.05, 0.1) is 13.2 Å². The summed E-state index contributed by atoms with van der Waals surface area (Å²) in [6.45, 7) is 7.93. The summed E-state index contributed by atoms with van der Waals surface area (Å²) < 4.78 is 21.2. The van der Waals surface area contributed by atoms with Crippen molar-refractivity contribution in [1.29, 1.82) is 0 Å². The van der Waals surface area contributed by atoms with E-state index >= 15 is 0 Å². The summed E-state index contributed by atoms with van der Waals surface area (Å²) in [6, 6.07) is 0. The largest absolute Gasteiger partial charge is 0.464 e. The molecule has 0 aromatic carbocycles. The summed E-state index contributed by atoms with van der Waals surface area (Å²) >= 11 is 0. The predicted molar refractivity (Wildman–Crippen MR) is 75.6 cm³/mol. The van der Waals surface area contributed by atoms with Crippen LogP contribution in [0.4, 0.5) is 0 Å². The third-order valence-electron chi connectivity index (χ3n) is 3.05. The van der Waals surface area contributed by atoms with Gasteiger partial charge in [-0.05, 0) is 26.7 Å². The molecule has 1 rings (SSSR count). The van der Waals surface area contributed by atoms with Crippen LogP contribution in [0.1, 0.15) is 53.4 Å². The van der Waals surface area contributed by atoms with Gasteiger partial charge in [0.1, 0.15) is 0 Å². The fourth-order valence-electron chi connectivity index (χ4n) is 1.90. The minimum atomic E-state index is -1.06. The maximum atomic E-state index is 12.0. The number of carbonyl (C=O) groups is 2. The van der Waals surface area contributed by atoms with Crippen molar-refractivity contribution in [2.75, 3.05) is 13.2 Å². The lowest BCUT2D eigenvalue weighted by Gasteiger charge is -2.16. The van der Waals surface area contributed by atoms with Gasteiger partial charge in [-0.1, -0.05) is 26.7 Å². The van der Waals surface area contributed by atoms with E-state index in [4.69, 9.17) is 18.9 Å². The summed E-state index contributed by atoms with van der Waals surface area (Å²) in [5.41, 5.74) is 0. The lowest BCUT2D eigenvalue weighted by atomic mass is 10.2. The van der Waals surface area contributed by atoms with Gasteiger partial charge in [0.15, 0.2) is 18.0 Å². The van der Waals surface area contributed by atoms with Crippen molar-refractivity contribution in [1.82, 2.24) is 0 Å². The van der Waals surface area contributed by atoms with Gasteiger partial charge < -0.3 is 18.9 Å². The topological polar surface area (TPSA) is 71.1 Å². The Morgan fingerprint density at radius 3 is 1.62 bits per heavy atom. The van der Waals surface area contributed by atoms with Crippen LogP contribution < -0.4 is 0 Å². The zero-order valence-corrected chi connectivity index (χ0v) is 13.3. The molecule has 0 spiro atoms. The van der Waals surface area contributed by atoms with Gasteiger partial charge in [0.2, 0.25) is 0 Å². The molecule has 21 heavy (non-hydrogen) atoms. The van der Waals surface area contributed by atoms with E-state index in [1.165, 1.54) is 0 Å². The van der Waals surface area contributed by atoms with Crippen molar-refractivity contribution in [3.63, 3.8) is 0 Å². The number of rotatable bonds is 8. The molecule has 0 amide bonds. The van der Waals surface area contributed by atoms with E-state index in [1.54, 1.807) is 13.8 Å². The summed E-state index contributed by atoms with van der Waals surface area (Å²) in [4.78, 5) is 24.0. The Bertz CT molecular complexity index is 320. The SMILES string of the molecule is CCCCOC(=O)[C@@H]1OC(C)(C)O[C@H]1C(=O)OCCCC. The van der Waals surface area contributed by atoms with Crippen LogP contribution in [0.15, 0.2) is 0 Å². The summed E-state index contributed by atoms with van der Waals surface area (Å²) in [7, 11) is 0. The first-order valence-electron chi connectivity index (χ1n) is 7.60. The molecule has 6 nitrogen and oxygen atoms in total. The lowest BCUT2D eigenvalue weighted by Crippen LogP contribution is -2.39. The number of carbonyl (C=O) groups excluding carboxylic acids is 2. The molecule has 0 radical (unpaired) electrons. The van der Waals surface area contributed by atoms with E-state index in [2.05, 4.69) is 0 Å². The molecule has 0 aliphatic carbocycles. The maximum absolute atomic E-state index is 12.0. The summed E-state index contributed by atoms with van der Waals surface area (Å²) in [5.74, 6) is -2.17. The molecule has 1 saturated heterocycles. The van der Waals surface area contributed by atoms with Crippen LogP contribution in [0.5, 0.6) is 0 Å². The highest BCUT2D eigenvalue weighted by Gasteiger charge is 2.50. The van der Waals surface area contributed by atoms with Crippen LogP contribution >= 0.6 is 0 Å². The monoisotopic (exact) mass is 302 g/mol. The van der Waals surface area contributed by atoms with Crippen LogP contribution in [-0.4, -0.2) is 43.1 Å². The minimum Gasteiger partial charge on any atom is -0.464 e. The molecule has 6 heteroatoms. The van der Waals surface area contributed by atoms with Crippen LogP contribution in [0.3, 0.4) is 0 Å². The lowest BCUT2D eigenvalue weighted by molar-refractivity contribution is -0.173. The molecule has 2 atom stereocenters. The molecule has 0 bridgehead atoms. The number of unbranched alkanes of at least 4 members (excludes halogenated alkanes) is 2. The van der Waals surface area contributed by atoms with E-state index in [9.17, 15) is 9.59 Å². The van der Waals surface area contributed by atoms with Crippen LogP contribution in [-0.2, 0) is 28.5 Å². The number of esters is 2. The Hall–Kier alpha value is -1.14. The molecule has 0 aromatic rings. The first-order valence-corrected chi connectivity index (χ1v) is 7.60. The Morgan fingerprint density at radius 1 is 0.905 bits per heavy atom. The highest BCUT2D eigenvalue weighted by Crippen LogP contribution is 2.29. The quantitative estimate of drug-likeness (QED) is 0.505. The van der Waals surface area contributed by atoms with Crippen molar-refractivity contribution >= 4 is 11.9 Å². The third-order valence-corrected chi connectivity index (χ3v) is 3.05.